The minimum Gasteiger partial charge on any atom is -0.125 e. The molecule has 0 nitrogen and oxygen atoms in total. The highest BCUT2D eigenvalue weighted by Crippen LogP contribution is 2.41. The summed E-state index contributed by atoms with van der Waals surface area (Å²) in [6, 6.07) is 10.4. The van der Waals surface area contributed by atoms with Gasteiger partial charge in [0.2, 0.25) is 0 Å². The zero-order chi connectivity index (χ0) is 16.9. The molecule has 0 aliphatic rings. The van der Waals surface area contributed by atoms with E-state index < -0.39 is 8.07 Å². The highest BCUT2D eigenvalue weighted by Gasteiger charge is 2.41. The van der Waals surface area contributed by atoms with E-state index in [4.69, 9.17) is 0 Å². The summed E-state index contributed by atoms with van der Waals surface area (Å²) in [5, 5.41) is 0. The fourth-order valence-electron chi connectivity index (χ4n) is 3.44. The van der Waals surface area contributed by atoms with Gasteiger partial charge in [-0.3, -0.25) is 0 Å². The van der Waals surface area contributed by atoms with Crippen molar-refractivity contribution in [2.24, 2.45) is 0 Å². The Morgan fingerprint density at radius 1 is 0.864 bits per heavy atom. The van der Waals surface area contributed by atoms with Crippen LogP contribution in [0.3, 0.4) is 0 Å². The van der Waals surface area contributed by atoms with Crippen LogP contribution in [0.15, 0.2) is 33.7 Å². The fraction of sp³-hybridized carbons (Fsp3) is 0.474. The molecule has 0 atom stereocenters. The number of hydrogen-bond donors (Lipinski definition) is 0. The standard InChI is InChI=1S/C19H26Br2Si/c1-14(2)22(15(3)4,16(5)6)13-12-18(19(20)21)17-10-8-7-9-11-17/h7-11,14-16H,1-6H3. The van der Waals surface area contributed by atoms with Crippen LogP contribution in [-0.2, 0) is 0 Å². The van der Waals surface area contributed by atoms with Crippen molar-refractivity contribution < 1.29 is 0 Å². The topological polar surface area (TPSA) is 0 Å². The molecule has 22 heavy (non-hydrogen) atoms. The lowest BCUT2D eigenvalue weighted by Gasteiger charge is -2.38. The predicted octanol–water partition coefficient (Wildman–Crippen LogP) is 7.37. The Morgan fingerprint density at radius 3 is 1.68 bits per heavy atom. The van der Waals surface area contributed by atoms with Gasteiger partial charge in [0.25, 0.3) is 0 Å². The number of allylic oxidation sites excluding steroid dienone is 1. The van der Waals surface area contributed by atoms with Gasteiger partial charge in [0, 0.05) is 0 Å². The Kier molecular flexibility index (Phi) is 7.65. The molecule has 1 aromatic carbocycles. The second-order valence-corrected chi connectivity index (χ2v) is 14.9. The van der Waals surface area contributed by atoms with Gasteiger partial charge in [-0.2, -0.15) is 0 Å². The molecule has 1 rings (SSSR count). The van der Waals surface area contributed by atoms with E-state index in [0.29, 0.717) is 16.6 Å². The number of halogens is 2. The molecule has 0 bridgehead atoms. The maximum absolute atomic E-state index is 3.78. The van der Waals surface area contributed by atoms with Crippen LogP contribution < -0.4 is 0 Å². The zero-order valence-electron chi connectivity index (χ0n) is 14.4. The number of rotatable bonds is 4. The largest absolute Gasteiger partial charge is 0.146 e. The van der Waals surface area contributed by atoms with E-state index in [1.807, 2.05) is 6.07 Å². The van der Waals surface area contributed by atoms with Gasteiger partial charge in [-0.15, -0.1) is 5.54 Å². The fourth-order valence-corrected chi connectivity index (χ4v) is 9.30. The van der Waals surface area contributed by atoms with Crippen molar-refractivity contribution in [1.29, 1.82) is 0 Å². The smallest absolute Gasteiger partial charge is 0.125 e. The van der Waals surface area contributed by atoms with Gasteiger partial charge in [0.1, 0.15) is 8.07 Å². The molecule has 1 aromatic rings. The normalized spacial score (nSPS) is 11.6. The van der Waals surface area contributed by atoms with Crippen molar-refractivity contribution in [1.82, 2.24) is 0 Å². The maximum atomic E-state index is 3.78. The zero-order valence-corrected chi connectivity index (χ0v) is 18.5. The monoisotopic (exact) mass is 440 g/mol. The van der Waals surface area contributed by atoms with Crippen molar-refractivity contribution in [3.05, 3.63) is 39.3 Å². The molecule has 0 saturated carbocycles. The minimum atomic E-state index is -1.71. The van der Waals surface area contributed by atoms with E-state index in [2.05, 4.69) is 109 Å². The Morgan fingerprint density at radius 2 is 1.32 bits per heavy atom. The van der Waals surface area contributed by atoms with Crippen LogP contribution in [0.1, 0.15) is 47.1 Å². The Bertz CT molecular complexity index is 549. The molecule has 0 N–H and O–H groups in total. The van der Waals surface area contributed by atoms with Crippen molar-refractivity contribution in [3.8, 4) is 11.5 Å². The summed E-state index contributed by atoms with van der Waals surface area (Å²) < 4.78 is 0.929. The third-order valence-electron chi connectivity index (χ3n) is 4.52. The van der Waals surface area contributed by atoms with E-state index >= 15 is 0 Å². The molecule has 0 aliphatic heterocycles. The average molecular weight is 442 g/mol. The van der Waals surface area contributed by atoms with E-state index in [-0.39, 0.29) is 0 Å². The van der Waals surface area contributed by atoms with Crippen LogP contribution in [0.5, 0.6) is 0 Å². The molecule has 0 heterocycles. The molecule has 0 amide bonds. The van der Waals surface area contributed by atoms with Crippen LogP contribution in [-0.4, -0.2) is 8.07 Å². The molecule has 0 spiro atoms. The van der Waals surface area contributed by atoms with E-state index in [1.165, 1.54) is 0 Å². The summed E-state index contributed by atoms with van der Waals surface area (Å²) in [6.07, 6.45) is 0. The lowest BCUT2D eigenvalue weighted by atomic mass is 10.1. The molecule has 0 fully saturated rings. The minimum absolute atomic E-state index is 0.645. The van der Waals surface area contributed by atoms with E-state index in [1.54, 1.807) is 0 Å². The predicted molar refractivity (Wildman–Crippen MR) is 110 cm³/mol. The molecular formula is C19H26Br2Si. The first kappa shape index (κ1) is 19.7. The average Bonchev–Trinajstić information content (AvgIpc) is 2.42. The van der Waals surface area contributed by atoms with Gasteiger partial charge in [-0.25, -0.2) is 0 Å². The molecule has 3 heteroatoms. The lowest BCUT2D eigenvalue weighted by molar-refractivity contribution is 0.838. The molecule has 0 unspecified atom stereocenters. The second-order valence-electron chi connectivity index (χ2n) is 6.65. The van der Waals surface area contributed by atoms with Gasteiger partial charge >= 0.3 is 0 Å². The first-order valence-corrected chi connectivity index (χ1v) is 11.7. The summed E-state index contributed by atoms with van der Waals surface area (Å²) in [4.78, 5) is 0. The molecule has 0 aromatic heterocycles. The maximum Gasteiger partial charge on any atom is 0.146 e. The quantitative estimate of drug-likeness (QED) is 0.338. The van der Waals surface area contributed by atoms with Gasteiger partial charge in [0.15, 0.2) is 0 Å². The molecule has 0 radical (unpaired) electrons. The van der Waals surface area contributed by atoms with Crippen LogP contribution in [0.25, 0.3) is 5.57 Å². The molecular weight excluding hydrogens is 416 g/mol. The van der Waals surface area contributed by atoms with Crippen LogP contribution in [0, 0.1) is 11.5 Å². The Labute approximate surface area is 154 Å². The van der Waals surface area contributed by atoms with E-state index in [0.717, 1.165) is 14.5 Å². The Hall–Kier alpha value is -0.303. The first-order chi connectivity index (χ1) is 10.2. The first-order valence-electron chi connectivity index (χ1n) is 7.87. The third kappa shape index (κ3) is 4.37. The Balaban J connectivity index is 3.41. The van der Waals surface area contributed by atoms with Crippen molar-refractivity contribution in [2.75, 3.05) is 0 Å². The van der Waals surface area contributed by atoms with Crippen molar-refractivity contribution in [3.63, 3.8) is 0 Å². The summed E-state index contributed by atoms with van der Waals surface area (Å²) in [6.45, 7) is 14.1. The van der Waals surface area contributed by atoms with Crippen molar-refractivity contribution in [2.45, 2.75) is 58.2 Å². The summed E-state index contributed by atoms with van der Waals surface area (Å²) in [5.74, 6) is 3.52. The second kappa shape index (κ2) is 8.52. The number of benzene rings is 1. The van der Waals surface area contributed by atoms with Gasteiger partial charge < -0.3 is 0 Å². The van der Waals surface area contributed by atoms with Gasteiger partial charge in [-0.1, -0.05) is 77.8 Å². The number of hydrogen-bond acceptors (Lipinski definition) is 0. The highest BCUT2D eigenvalue weighted by molar-refractivity contribution is 9.28. The van der Waals surface area contributed by atoms with E-state index in [9.17, 15) is 0 Å². The third-order valence-corrected chi connectivity index (χ3v) is 11.6. The molecule has 0 saturated heterocycles. The molecule has 0 aliphatic carbocycles. The highest BCUT2D eigenvalue weighted by atomic mass is 79.9. The van der Waals surface area contributed by atoms with Gasteiger partial charge in [-0.05, 0) is 54.0 Å². The van der Waals surface area contributed by atoms with Crippen LogP contribution in [0.2, 0.25) is 16.6 Å². The van der Waals surface area contributed by atoms with Crippen LogP contribution in [0.4, 0.5) is 0 Å². The lowest BCUT2D eigenvalue weighted by Crippen LogP contribution is -2.43. The van der Waals surface area contributed by atoms with Crippen LogP contribution >= 0.6 is 31.9 Å². The summed E-state index contributed by atoms with van der Waals surface area (Å²) in [5.41, 5.74) is 7.91. The summed E-state index contributed by atoms with van der Waals surface area (Å²) >= 11 is 7.13. The van der Waals surface area contributed by atoms with Crippen molar-refractivity contribution >= 4 is 45.5 Å². The summed E-state index contributed by atoms with van der Waals surface area (Å²) in [7, 11) is -1.71. The SMILES string of the molecule is CC(C)[Si](C#CC(=C(Br)Br)c1ccccc1)(C(C)C)C(C)C. The molecule has 120 valence electrons. The van der Waals surface area contributed by atoms with Gasteiger partial charge in [0.05, 0.1) is 8.96 Å².